The smallest absolute Gasteiger partial charge is 0.226 e. The highest BCUT2D eigenvalue weighted by atomic mass is 79.9. The number of oxazole rings is 1. The van der Waals surface area contributed by atoms with Crippen molar-refractivity contribution in [3.63, 3.8) is 0 Å². The number of hydrogen-bond acceptors (Lipinski definition) is 2. The Morgan fingerprint density at radius 3 is 2.44 bits per heavy atom. The lowest BCUT2D eigenvalue weighted by Gasteiger charge is -1.96. The van der Waals surface area contributed by atoms with Crippen LogP contribution in [0.25, 0.3) is 22.7 Å². The van der Waals surface area contributed by atoms with E-state index in [0.717, 1.165) is 21.3 Å². The summed E-state index contributed by atoms with van der Waals surface area (Å²) in [7, 11) is 0. The fourth-order valence-electron chi connectivity index (χ4n) is 1.77. The van der Waals surface area contributed by atoms with E-state index in [1.54, 1.807) is 6.26 Å². The first kappa shape index (κ1) is 11.2. The van der Waals surface area contributed by atoms with Crippen molar-refractivity contribution in [1.29, 1.82) is 0 Å². The van der Waals surface area contributed by atoms with Crippen molar-refractivity contribution in [3.05, 3.63) is 65.3 Å². The van der Waals surface area contributed by atoms with E-state index < -0.39 is 0 Å². The fraction of sp³-hybridized carbons (Fsp3) is 0. The maximum Gasteiger partial charge on any atom is 0.226 e. The van der Waals surface area contributed by atoms with Crippen LogP contribution in [0.1, 0.15) is 0 Å². The minimum absolute atomic E-state index is 0.644. The summed E-state index contributed by atoms with van der Waals surface area (Å²) in [6, 6.07) is 17.9. The van der Waals surface area contributed by atoms with Crippen LogP contribution in [-0.4, -0.2) is 4.98 Å². The first-order valence-electron chi connectivity index (χ1n) is 5.60. The Kier molecular flexibility index (Phi) is 2.99. The molecule has 3 heteroatoms. The minimum Gasteiger partial charge on any atom is -0.444 e. The molecule has 0 atom stereocenters. The summed E-state index contributed by atoms with van der Waals surface area (Å²) < 4.78 is 6.55. The first-order chi connectivity index (χ1) is 8.83. The third-order valence-electron chi connectivity index (χ3n) is 2.65. The SMILES string of the molecule is Brc1cccc(-c2coc(-c3ccccc3)n2)c1. The molecule has 3 rings (SSSR count). The molecule has 0 unspecified atom stereocenters. The lowest BCUT2D eigenvalue weighted by molar-refractivity contribution is 0.575. The van der Waals surface area contributed by atoms with Crippen LogP contribution >= 0.6 is 15.9 Å². The molecule has 0 spiro atoms. The third kappa shape index (κ3) is 2.22. The average Bonchev–Trinajstić information content (AvgIpc) is 2.89. The van der Waals surface area contributed by atoms with Crippen LogP contribution in [0, 0.1) is 0 Å². The predicted molar refractivity (Wildman–Crippen MR) is 75.1 cm³/mol. The maximum absolute atomic E-state index is 5.52. The molecule has 0 aliphatic carbocycles. The van der Waals surface area contributed by atoms with Gasteiger partial charge < -0.3 is 4.42 Å². The monoisotopic (exact) mass is 299 g/mol. The largest absolute Gasteiger partial charge is 0.444 e. The molecule has 0 saturated heterocycles. The summed E-state index contributed by atoms with van der Waals surface area (Å²) in [6.07, 6.45) is 1.68. The van der Waals surface area contributed by atoms with Crippen LogP contribution in [0.15, 0.2) is 69.8 Å². The van der Waals surface area contributed by atoms with Crippen LogP contribution < -0.4 is 0 Å². The zero-order valence-electron chi connectivity index (χ0n) is 9.51. The minimum atomic E-state index is 0.644. The predicted octanol–water partition coefficient (Wildman–Crippen LogP) is 4.77. The van der Waals surface area contributed by atoms with Gasteiger partial charge in [-0.15, -0.1) is 0 Å². The second-order valence-electron chi connectivity index (χ2n) is 3.91. The highest BCUT2D eigenvalue weighted by molar-refractivity contribution is 9.10. The molecule has 2 nitrogen and oxygen atoms in total. The molecule has 0 fully saturated rings. The fourth-order valence-corrected chi connectivity index (χ4v) is 2.17. The van der Waals surface area contributed by atoms with E-state index in [9.17, 15) is 0 Å². The summed E-state index contributed by atoms with van der Waals surface area (Å²) >= 11 is 3.45. The van der Waals surface area contributed by atoms with Gasteiger partial charge in [-0.25, -0.2) is 4.98 Å². The topological polar surface area (TPSA) is 26.0 Å². The van der Waals surface area contributed by atoms with Gasteiger partial charge in [-0.3, -0.25) is 0 Å². The van der Waals surface area contributed by atoms with Crippen molar-refractivity contribution >= 4 is 15.9 Å². The van der Waals surface area contributed by atoms with E-state index in [4.69, 9.17) is 4.42 Å². The molecule has 0 aliphatic rings. The van der Waals surface area contributed by atoms with Gasteiger partial charge in [-0.2, -0.15) is 0 Å². The van der Waals surface area contributed by atoms with Crippen LogP contribution in [0.3, 0.4) is 0 Å². The van der Waals surface area contributed by atoms with Gasteiger partial charge in [-0.05, 0) is 24.3 Å². The lowest BCUT2D eigenvalue weighted by atomic mass is 10.2. The van der Waals surface area contributed by atoms with E-state index in [2.05, 4.69) is 20.9 Å². The summed E-state index contributed by atoms with van der Waals surface area (Å²) in [5, 5.41) is 0. The zero-order chi connectivity index (χ0) is 12.4. The summed E-state index contributed by atoms with van der Waals surface area (Å²) in [5.41, 5.74) is 2.87. The molecule has 3 aromatic rings. The second kappa shape index (κ2) is 4.78. The highest BCUT2D eigenvalue weighted by Crippen LogP contribution is 2.26. The number of aromatic nitrogens is 1. The van der Waals surface area contributed by atoms with Gasteiger partial charge >= 0.3 is 0 Å². The van der Waals surface area contributed by atoms with Gasteiger partial charge in [0.1, 0.15) is 12.0 Å². The van der Waals surface area contributed by atoms with Gasteiger partial charge in [0.05, 0.1) is 0 Å². The molecule has 0 bridgehead atoms. The normalized spacial score (nSPS) is 10.5. The van der Waals surface area contributed by atoms with E-state index in [1.165, 1.54) is 0 Å². The van der Waals surface area contributed by atoms with E-state index in [1.807, 2.05) is 54.6 Å². The van der Waals surface area contributed by atoms with Gasteiger partial charge in [-0.1, -0.05) is 46.3 Å². The van der Waals surface area contributed by atoms with Gasteiger partial charge in [0, 0.05) is 15.6 Å². The summed E-state index contributed by atoms with van der Waals surface area (Å²) in [5.74, 6) is 0.644. The molecule has 0 saturated carbocycles. The Morgan fingerprint density at radius 2 is 1.67 bits per heavy atom. The molecule has 0 amide bonds. The number of halogens is 1. The van der Waals surface area contributed by atoms with Crippen molar-refractivity contribution in [2.75, 3.05) is 0 Å². The van der Waals surface area contributed by atoms with Crippen molar-refractivity contribution in [3.8, 4) is 22.7 Å². The van der Waals surface area contributed by atoms with Crippen molar-refractivity contribution < 1.29 is 4.42 Å². The van der Waals surface area contributed by atoms with Crippen LogP contribution in [0.4, 0.5) is 0 Å². The Hall–Kier alpha value is -1.87. The molecule has 1 aromatic heterocycles. The lowest BCUT2D eigenvalue weighted by Crippen LogP contribution is -1.79. The van der Waals surface area contributed by atoms with Gasteiger partial charge in [0.25, 0.3) is 0 Å². The molecule has 18 heavy (non-hydrogen) atoms. The molecule has 0 N–H and O–H groups in total. The molecule has 0 radical (unpaired) electrons. The van der Waals surface area contributed by atoms with E-state index in [-0.39, 0.29) is 0 Å². The summed E-state index contributed by atoms with van der Waals surface area (Å²) in [6.45, 7) is 0. The zero-order valence-corrected chi connectivity index (χ0v) is 11.1. The van der Waals surface area contributed by atoms with Crippen molar-refractivity contribution in [2.24, 2.45) is 0 Å². The highest BCUT2D eigenvalue weighted by Gasteiger charge is 2.07. The molecule has 1 heterocycles. The number of benzene rings is 2. The van der Waals surface area contributed by atoms with Crippen molar-refractivity contribution in [1.82, 2.24) is 4.98 Å². The molecular weight excluding hydrogens is 290 g/mol. The number of rotatable bonds is 2. The maximum atomic E-state index is 5.52. The quantitative estimate of drug-likeness (QED) is 0.681. The van der Waals surface area contributed by atoms with Crippen LogP contribution in [-0.2, 0) is 0 Å². The van der Waals surface area contributed by atoms with E-state index >= 15 is 0 Å². The van der Waals surface area contributed by atoms with Gasteiger partial charge in [0.15, 0.2) is 0 Å². The second-order valence-corrected chi connectivity index (χ2v) is 4.83. The van der Waals surface area contributed by atoms with Gasteiger partial charge in [0.2, 0.25) is 5.89 Å². The molecule has 0 aliphatic heterocycles. The standard InChI is InChI=1S/C15H10BrNO/c16-13-8-4-7-12(9-13)14-10-18-15(17-14)11-5-2-1-3-6-11/h1-10H. The number of nitrogens with zero attached hydrogens (tertiary/aromatic N) is 1. The first-order valence-corrected chi connectivity index (χ1v) is 6.39. The molecule has 88 valence electrons. The van der Waals surface area contributed by atoms with Crippen LogP contribution in [0.5, 0.6) is 0 Å². The Balaban J connectivity index is 2.00. The van der Waals surface area contributed by atoms with Crippen molar-refractivity contribution in [2.45, 2.75) is 0 Å². The average molecular weight is 300 g/mol. The summed E-state index contributed by atoms with van der Waals surface area (Å²) in [4.78, 5) is 4.50. The van der Waals surface area contributed by atoms with E-state index in [0.29, 0.717) is 5.89 Å². The van der Waals surface area contributed by atoms with Crippen LogP contribution in [0.2, 0.25) is 0 Å². The molecule has 2 aromatic carbocycles. The molecular formula is C15H10BrNO. The third-order valence-corrected chi connectivity index (χ3v) is 3.14. The Labute approximate surface area is 113 Å². The Morgan fingerprint density at radius 1 is 0.889 bits per heavy atom. The number of hydrogen-bond donors (Lipinski definition) is 0. The Bertz CT molecular complexity index is 661.